The molecule has 1 aromatic rings. The summed E-state index contributed by atoms with van der Waals surface area (Å²) in [6, 6.07) is 4.87. The summed E-state index contributed by atoms with van der Waals surface area (Å²) in [7, 11) is 0. The average Bonchev–Trinajstić information content (AvgIpc) is 2.04. The second-order valence-corrected chi connectivity index (χ2v) is 2.33. The van der Waals surface area contributed by atoms with E-state index in [4.69, 9.17) is 18.0 Å². The molecule has 0 fully saturated rings. The molecule has 12 heavy (non-hydrogen) atoms. The highest BCUT2D eigenvalue weighted by Gasteiger charge is 1.98. The van der Waals surface area contributed by atoms with Gasteiger partial charge in [0.05, 0.1) is 0 Å². The number of nitrogens with zero attached hydrogens (tertiary/aromatic N) is 1. The summed E-state index contributed by atoms with van der Waals surface area (Å²) in [5, 5.41) is 2.67. The van der Waals surface area contributed by atoms with Gasteiger partial charge in [-0.25, -0.2) is 4.98 Å². The third-order valence-corrected chi connectivity index (χ3v) is 1.30. The molecule has 0 radical (unpaired) electrons. The fourth-order valence-corrected chi connectivity index (χ4v) is 0.794. The number of hydrogen-bond donors (Lipinski definition) is 1. The first-order chi connectivity index (χ1) is 5.72. The van der Waals surface area contributed by atoms with Crippen molar-refractivity contribution < 1.29 is 4.79 Å². The number of aromatic nitrogens is 1. The molecule has 0 aliphatic heterocycles. The van der Waals surface area contributed by atoms with Crippen molar-refractivity contribution in [2.75, 3.05) is 5.32 Å². The van der Waals surface area contributed by atoms with E-state index in [0.29, 0.717) is 11.0 Å². The number of carbonyl (C=O) groups excluding carboxylic acids is 1. The largest absolute Gasteiger partial charge is 0.301 e. The Morgan fingerprint density at radius 1 is 1.67 bits per heavy atom. The first kappa shape index (κ1) is 8.57. The van der Waals surface area contributed by atoms with Crippen LogP contribution in [0.25, 0.3) is 0 Å². The van der Waals surface area contributed by atoms with Gasteiger partial charge in [0.2, 0.25) is 0 Å². The Balaban J connectivity index is 2.78. The maximum absolute atomic E-state index is 10.7. The SMILES string of the molecule is C#CC(=O)Nc1cccc(Cl)n1. The zero-order chi connectivity index (χ0) is 8.97. The summed E-state index contributed by atoms with van der Waals surface area (Å²) in [6.45, 7) is 0. The zero-order valence-electron chi connectivity index (χ0n) is 6.04. The first-order valence-corrected chi connectivity index (χ1v) is 3.50. The third kappa shape index (κ3) is 2.26. The van der Waals surface area contributed by atoms with Crippen LogP contribution in [-0.2, 0) is 4.79 Å². The maximum atomic E-state index is 10.7. The first-order valence-electron chi connectivity index (χ1n) is 3.12. The summed E-state index contributed by atoms with van der Waals surface area (Å²) >= 11 is 5.56. The molecular formula is C8H5ClN2O. The van der Waals surface area contributed by atoms with Crippen molar-refractivity contribution in [1.29, 1.82) is 0 Å². The number of pyridine rings is 1. The number of amides is 1. The van der Waals surface area contributed by atoms with E-state index in [0.717, 1.165) is 0 Å². The molecule has 4 heteroatoms. The monoisotopic (exact) mass is 180 g/mol. The Morgan fingerprint density at radius 2 is 2.42 bits per heavy atom. The minimum atomic E-state index is -0.537. The Labute approximate surface area is 74.8 Å². The van der Waals surface area contributed by atoms with E-state index in [1.54, 1.807) is 18.2 Å². The van der Waals surface area contributed by atoms with Crippen LogP contribution < -0.4 is 5.32 Å². The maximum Gasteiger partial charge on any atom is 0.301 e. The highest BCUT2D eigenvalue weighted by atomic mass is 35.5. The van der Waals surface area contributed by atoms with Crippen LogP contribution >= 0.6 is 11.6 Å². The fourth-order valence-electron chi connectivity index (χ4n) is 0.630. The van der Waals surface area contributed by atoms with Crippen LogP contribution in [-0.4, -0.2) is 10.9 Å². The molecule has 0 saturated heterocycles. The summed E-state index contributed by atoms with van der Waals surface area (Å²) in [6.07, 6.45) is 4.84. The molecule has 1 rings (SSSR count). The van der Waals surface area contributed by atoms with Crippen LogP contribution in [0, 0.1) is 12.3 Å². The molecule has 1 N–H and O–H groups in total. The summed E-state index contributed by atoms with van der Waals surface area (Å²) in [4.78, 5) is 14.5. The van der Waals surface area contributed by atoms with Gasteiger partial charge in [-0.1, -0.05) is 17.7 Å². The lowest BCUT2D eigenvalue weighted by atomic mass is 10.4. The molecule has 0 aliphatic carbocycles. The van der Waals surface area contributed by atoms with Crippen LogP contribution in [0.4, 0.5) is 5.82 Å². The summed E-state index contributed by atoms with van der Waals surface area (Å²) in [5.41, 5.74) is 0. The van der Waals surface area contributed by atoms with Gasteiger partial charge in [0.1, 0.15) is 11.0 Å². The van der Waals surface area contributed by atoms with Gasteiger partial charge < -0.3 is 0 Å². The van der Waals surface area contributed by atoms with Gasteiger partial charge >= 0.3 is 5.91 Å². The Kier molecular flexibility index (Phi) is 2.67. The molecule has 0 unspecified atom stereocenters. The third-order valence-electron chi connectivity index (χ3n) is 1.09. The second-order valence-electron chi connectivity index (χ2n) is 1.94. The van der Waals surface area contributed by atoms with Gasteiger partial charge in [-0.2, -0.15) is 0 Å². The van der Waals surface area contributed by atoms with Gasteiger partial charge in [0.25, 0.3) is 0 Å². The number of terminal acetylenes is 1. The van der Waals surface area contributed by atoms with Crippen molar-refractivity contribution >= 4 is 23.3 Å². The van der Waals surface area contributed by atoms with Crippen LogP contribution in [0.2, 0.25) is 5.15 Å². The summed E-state index contributed by atoms with van der Waals surface area (Å²) < 4.78 is 0. The van der Waals surface area contributed by atoms with E-state index in [1.165, 1.54) is 0 Å². The van der Waals surface area contributed by atoms with Crippen LogP contribution in [0.3, 0.4) is 0 Å². The minimum Gasteiger partial charge on any atom is -0.300 e. The van der Waals surface area contributed by atoms with E-state index in [-0.39, 0.29) is 0 Å². The minimum absolute atomic E-state index is 0.310. The quantitative estimate of drug-likeness (QED) is 0.523. The van der Waals surface area contributed by atoms with Crippen molar-refractivity contribution in [1.82, 2.24) is 4.98 Å². The second kappa shape index (κ2) is 3.74. The topological polar surface area (TPSA) is 42.0 Å². The van der Waals surface area contributed by atoms with Gasteiger partial charge in [-0.3, -0.25) is 10.1 Å². The number of halogens is 1. The molecule has 0 aromatic carbocycles. The standard InChI is InChI=1S/C8H5ClN2O/c1-2-8(12)11-7-5-3-4-6(9)10-7/h1,3-5H,(H,10,11,12). The van der Waals surface area contributed by atoms with Gasteiger partial charge in [0.15, 0.2) is 0 Å². The van der Waals surface area contributed by atoms with E-state index < -0.39 is 5.91 Å². The molecule has 0 bridgehead atoms. The molecule has 0 atom stereocenters. The molecular weight excluding hydrogens is 176 g/mol. The molecule has 1 heterocycles. The highest BCUT2D eigenvalue weighted by Crippen LogP contribution is 2.08. The Hall–Kier alpha value is -1.53. The van der Waals surface area contributed by atoms with Crippen LogP contribution in [0.5, 0.6) is 0 Å². The molecule has 3 nitrogen and oxygen atoms in total. The van der Waals surface area contributed by atoms with Gasteiger partial charge in [0, 0.05) is 0 Å². The number of anilines is 1. The highest BCUT2D eigenvalue weighted by molar-refractivity contribution is 6.29. The van der Waals surface area contributed by atoms with Crippen molar-refractivity contribution in [2.24, 2.45) is 0 Å². The van der Waals surface area contributed by atoms with Gasteiger partial charge in [-0.15, -0.1) is 6.42 Å². The normalized spacial score (nSPS) is 8.67. The molecule has 1 amide bonds. The van der Waals surface area contributed by atoms with Crippen molar-refractivity contribution in [3.05, 3.63) is 23.4 Å². The van der Waals surface area contributed by atoms with Crippen LogP contribution in [0.15, 0.2) is 18.2 Å². The number of hydrogen-bond acceptors (Lipinski definition) is 2. The lowest BCUT2D eigenvalue weighted by Crippen LogP contribution is -2.09. The molecule has 0 saturated carbocycles. The molecule has 60 valence electrons. The lowest BCUT2D eigenvalue weighted by molar-refractivity contribution is -0.111. The van der Waals surface area contributed by atoms with Gasteiger partial charge in [-0.05, 0) is 18.1 Å². The van der Waals surface area contributed by atoms with Crippen LogP contribution in [0.1, 0.15) is 0 Å². The number of rotatable bonds is 1. The molecule has 0 aliphatic rings. The lowest BCUT2D eigenvalue weighted by Gasteiger charge is -1.98. The zero-order valence-corrected chi connectivity index (χ0v) is 6.80. The predicted molar refractivity (Wildman–Crippen MR) is 46.7 cm³/mol. The van der Waals surface area contributed by atoms with E-state index in [2.05, 4.69) is 10.3 Å². The molecule has 1 aromatic heterocycles. The Morgan fingerprint density at radius 3 is 3.00 bits per heavy atom. The van der Waals surface area contributed by atoms with E-state index in [9.17, 15) is 4.79 Å². The number of nitrogens with one attached hydrogen (secondary N) is 1. The smallest absolute Gasteiger partial charge is 0.300 e. The van der Waals surface area contributed by atoms with Crippen molar-refractivity contribution in [3.63, 3.8) is 0 Å². The van der Waals surface area contributed by atoms with E-state index >= 15 is 0 Å². The van der Waals surface area contributed by atoms with E-state index in [1.807, 2.05) is 5.92 Å². The summed E-state index contributed by atoms with van der Waals surface area (Å²) in [5.74, 6) is 1.71. The number of carbonyl (C=O) groups is 1. The fraction of sp³-hybridized carbons (Fsp3) is 0. The van der Waals surface area contributed by atoms with Crippen molar-refractivity contribution in [3.8, 4) is 12.3 Å². The average molecular weight is 181 g/mol. The molecule has 0 spiro atoms. The Bertz CT molecular complexity index is 343. The van der Waals surface area contributed by atoms with Crippen molar-refractivity contribution in [2.45, 2.75) is 0 Å². The predicted octanol–water partition coefficient (Wildman–Crippen LogP) is 1.31.